The van der Waals surface area contributed by atoms with Gasteiger partial charge in [-0.3, -0.25) is 0 Å². The van der Waals surface area contributed by atoms with Gasteiger partial charge in [-0.05, 0) is 18.6 Å². The van der Waals surface area contributed by atoms with Gasteiger partial charge in [0.05, 0.1) is 0 Å². The summed E-state index contributed by atoms with van der Waals surface area (Å²) in [6, 6.07) is 0. The highest BCUT2D eigenvalue weighted by Gasteiger charge is 1.77. The largest absolute Gasteiger partial charge is 0.508 e. The highest BCUT2D eigenvalue weighted by atomic mass is 16.3. The second-order valence-corrected chi connectivity index (χ2v) is 1.63. The molecule has 1 heteroatoms. The lowest BCUT2D eigenvalue weighted by atomic mass is 10.3. The maximum Gasteiger partial charge on any atom is 0.111 e. The van der Waals surface area contributed by atoms with E-state index >= 15 is 0 Å². The fourth-order valence-electron chi connectivity index (χ4n) is 0.444. The second kappa shape index (κ2) is 5.16. The standard InChI is InChI=1S/C8H12O/c1-3-5-7-8(9)6-4-2/h3,5-7,9H,1,4H2,2H3. The van der Waals surface area contributed by atoms with Crippen LogP contribution < -0.4 is 0 Å². The molecule has 0 saturated carbocycles. The van der Waals surface area contributed by atoms with Crippen molar-refractivity contribution in [3.05, 3.63) is 36.6 Å². The SMILES string of the molecule is C=CC=CC(O)=CCC. The van der Waals surface area contributed by atoms with Gasteiger partial charge in [0.1, 0.15) is 5.76 Å². The van der Waals surface area contributed by atoms with Gasteiger partial charge >= 0.3 is 0 Å². The Balaban J connectivity index is 3.74. The highest BCUT2D eigenvalue weighted by Crippen LogP contribution is 1.92. The van der Waals surface area contributed by atoms with Crippen LogP contribution in [0.2, 0.25) is 0 Å². The highest BCUT2D eigenvalue weighted by molar-refractivity contribution is 5.14. The van der Waals surface area contributed by atoms with Crippen LogP contribution in [-0.2, 0) is 0 Å². The molecule has 0 rings (SSSR count). The third kappa shape index (κ3) is 4.88. The fraction of sp³-hybridized carbons (Fsp3) is 0.250. The number of hydrogen-bond acceptors (Lipinski definition) is 1. The maximum atomic E-state index is 8.91. The molecule has 0 amide bonds. The molecule has 50 valence electrons. The summed E-state index contributed by atoms with van der Waals surface area (Å²) in [6.07, 6.45) is 7.52. The first-order valence-corrected chi connectivity index (χ1v) is 2.99. The van der Waals surface area contributed by atoms with Crippen molar-refractivity contribution in [3.63, 3.8) is 0 Å². The van der Waals surface area contributed by atoms with Crippen molar-refractivity contribution >= 4 is 0 Å². The Morgan fingerprint density at radius 3 is 2.78 bits per heavy atom. The van der Waals surface area contributed by atoms with E-state index in [4.69, 9.17) is 5.11 Å². The molecular weight excluding hydrogens is 112 g/mol. The van der Waals surface area contributed by atoms with E-state index in [0.29, 0.717) is 5.76 Å². The van der Waals surface area contributed by atoms with Gasteiger partial charge in [0, 0.05) is 0 Å². The minimum absolute atomic E-state index is 0.303. The second-order valence-electron chi connectivity index (χ2n) is 1.63. The Bertz CT molecular complexity index is 132. The van der Waals surface area contributed by atoms with E-state index in [9.17, 15) is 0 Å². The smallest absolute Gasteiger partial charge is 0.111 e. The number of aliphatic hydroxyl groups is 1. The molecular formula is C8H12O. The number of rotatable bonds is 3. The quantitative estimate of drug-likeness (QED) is 0.453. The minimum atomic E-state index is 0.303. The molecule has 0 fully saturated rings. The molecule has 0 aromatic rings. The summed E-state index contributed by atoms with van der Waals surface area (Å²) in [7, 11) is 0. The van der Waals surface area contributed by atoms with Gasteiger partial charge < -0.3 is 5.11 Å². The van der Waals surface area contributed by atoms with Gasteiger partial charge in [0.25, 0.3) is 0 Å². The van der Waals surface area contributed by atoms with Crippen molar-refractivity contribution in [1.29, 1.82) is 0 Å². The molecule has 0 aromatic heterocycles. The van der Waals surface area contributed by atoms with Crippen LogP contribution in [0.4, 0.5) is 0 Å². The average molecular weight is 124 g/mol. The molecule has 0 unspecified atom stereocenters. The molecule has 0 heterocycles. The van der Waals surface area contributed by atoms with Crippen LogP contribution in [0, 0.1) is 0 Å². The van der Waals surface area contributed by atoms with Crippen LogP contribution in [0.5, 0.6) is 0 Å². The van der Waals surface area contributed by atoms with E-state index in [2.05, 4.69) is 6.58 Å². The molecule has 0 saturated heterocycles. The third-order valence-corrected chi connectivity index (χ3v) is 0.816. The third-order valence-electron chi connectivity index (χ3n) is 0.816. The fourth-order valence-corrected chi connectivity index (χ4v) is 0.444. The van der Waals surface area contributed by atoms with Crippen LogP contribution in [0.3, 0.4) is 0 Å². The maximum absolute atomic E-state index is 8.91. The summed E-state index contributed by atoms with van der Waals surface area (Å²) < 4.78 is 0. The Kier molecular flexibility index (Phi) is 4.60. The zero-order chi connectivity index (χ0) is 7.11. The average Bonchev–Trinajstić information content (AvgIpc) is 1.85. The van der Waals surface area contributed by atoms with Gasteiger partial charge in [-0.15, -0.1) is 0 Å². The topological polar surface area (TPSA) is 20.2 Å². The van der Waals surface area contributed by atoms with Crippen LogP contribution in [0.25, 0.3) is 0 Å². The van der Waals surface area contributed by atoms with Crippen LogP contribution in [0.15, 0.2) is 36.6 Å². The van der Waals surface area contributed by atoms with Crippen LogP contribution in [0.1, 0.15) is 13.3 Å². The van der Waals surface area contributed by atoms with Crippen molar-refractivity contribution in [2.75, 3.05) is 0 Å². The van der Waals surface area contributed by atoms with E-state index in [1.807, 2.05) is 6.92 Å². The van der Waals surface area contributed by atoms with E-state index in [0.717, 1.165) is 6.42 Å². The van der Waals surface area contributed by atoms with Crippen molar-refractivity contribution in [3.8, 4) is 0 Å². The lowest BCUT2D eigenvalue weighted by Crippen LogP contribution is -1.70. The number of hydrogen-bond donors (Lipinski definition) is 1. The molecule has 0 bridgehead atoms. The lowest BCUT2D eigenvalue weighted by molar-refractivity contribution is 0.430. The molecule has 0 atom stereocenters. The van der Waals surface area contributed by atoms with E-state index < -0.39 is 0 Å². The van der Waals surface area contributed by atoms with Crippen molar-refractivity contribution in [2.45, 2.75) is 13.3 Å². The lowest BCUT2D eigenvalue weighted by Gasteiger charge is -1.85. The van der Waals surface area contributed by atoms with Gasteiger partial charge in [-0.2, -0.15) is 0 Å². The minimum Gasteiger partial charge on any atom is -0.508 e. The first kappa shape index (κ1) is 8.02. The van der Waals surface area contributed by atoms with Crippen molar-refractivity contribution < 1.29 is 5.11 Å². The molecule has 0 aromatic carbocycles. The van der Waals surface area contributed by atoms with Crippen LogP contribution in [-0.4, -0.2) is 5.11 Å². The van der Waals surface area contributed by atoms with E-state index in [1.54, 1.807) is 24.3 Å². The van der Waals surface area contributed by atoms with Crippen LogP contribution >= 0.6 is 0 Å². The Morgan fingerprint density at radius 1 is 1.67 bits per heavy atom. The monoisotopic (exact) mass is 124 g/mol. The predicted octanol–water partition coefficient (Wildman–Crippen LogP) is 2.58. The van der Waals surface area contributed by atoms with Gasteiger partial charge in [-0.1, -0.05) is 25.7 Å². The summed E-state index contributed by atoms with van der Waals surface area (Å²) >= 11 is 0. The Morgan fingerprint density at radius 2 is 2.33 bits per heavy atom. The first-order chi connectivity index (χ1) is 4.31. The molecule has 1 nitrogen and oxygen atoms in total. The molecule has 0 aliphatic carbocycles. The molecule has 0 aliphatic rings. The summed E-state index contributed by atoms with van der Waals surface area (Å²) in [6.45, 7) is 5.44. The Hall–Kier alpha value is -0.980. The number of aliphatic hydroxyl groups excluding tert-OH is 1. The molecule has 9 heavy (non-hydrogen) atoms. The van der Waals surface area contributed by atoms with Crippen molar-refractivity contribution in [2.24, 2.45) is 0 Å². The Labute approximate surface area is 56.0 Å². The molecule has 0 aliphatic heterocycles. The molecule has 0 radical (unpaired) electrons. The van der Waals surface area contributed by atoms with Gasteiger partial charge in [0.2, 0.25) is 0 Å². The summed E-state index contributed by atoms with van der Waals surface area (Å²) in [5, 5.41) is 8.91. The first-order valence-electron chi connectivity index (χ1n) is 2.99. The normalized spacial score (nSPS) is 12.3. The predicted molar refractivity (Wildman–Crippen MR) is 40.3 cm³/mol. The number of allylic oxidation sites excluding steroid dienone is 4. The summed E-state index contributed by atoms with van der Waals surface area (Å²) in [5.41, 5.74) is 0. The van der Waals surface area contributed by atoms with Crippen molar-refractivity contribution in [1.82, 2.24) is 0 Å². The molecule has 0 spiro atoms. The summed E-state index contributed by atoms with van der Waals surface area (Å²) in [5.74, 6) is 0.303. The van der Waals surface area contributed by atoms with Gasteiger partial charge in [-0.25, -0.2) is 0 Å². The van der Waals surface area contributed by atoms with Gasteiger partial charge in [0.15, 0.2) is 0 Å². The zero-order valence-electron chi connectivity index (χ0n) is 5.67. The van der Waals surface area contributed by atoms with E-state index in [1.165, 1.54) is 0 Å². The van der Waals surface area contributed by atoms with E-state index in [-0.39, 0.29) is 0 Å². The summed E-state index contributed by atoms with van der Waals surface area (Å²) in [4.78, 5) is 0. The molecule has 1 N–H and O–H groups in total. The zero-order valence-corrected chi connectivity index (χ0v) is 5.67.